The molecule has 1 fully saturated rings. The fourth-order valence-corrected chi connectivity index (χ4v) is 2.24. The van der Waals surface area contributed by atoms with Crippen LogP contribution in [0, 0.1) is 0 Å². The summed E-state index contributed by atoms with van der Waals surface area (Å²) < 4.78 is 5.59. The van der Waals surface area contributed by atoms with Crippen molar-refractivity contribution in [1.82, 2.24) is 15.0 Å². The van der Waals surface area contributed by atoms with Crippen molar-refractivity contribution < 1.29 is 4.74 Å². The van der Waals surface area contributed by atoms with Crippen molar-refractivity contribution >= 4 is 17.7 Å². The molecule has 2 rings (SSSR count). The lowest BCUT2D eigenvalue weighted by atomic mass is 10.3. The molecule has 5 nitrogen and oxygen atoms in total. The van der Waals surface area contributed by atoms with Crippen molar-refractivity contribution in [3.05, 3.63) is 11.6 Å². The Balaban J connectivity index is 2.22. The summed E-state index contributed by atoms with van der Waals surface area (Å²) in [5, 5.41) is 0. The number of thioether (sulfide) groups is 1. The van der Waals surface area contributed by atoms with E-state index in [9.17, 15) is 0 Å². The second kappa shape index (κ2) is 4.76. The van der Waals surface area contributed by atoms with Gasteiger partial charge in [-0.25, -0.2) is 4.98 Å². The molecule has 0 aromatic carbocycles. The number of nitrogen functional groups attached to an aromatic ring is 1. The summed E-state index contributed by atoms with van der Waals surface area (Å²) in [6.07, 6.45) is 0.735. The Labute approximate surface area is 92.9 Å². The van der Waals surface area contributed by atoms with Crippen LogP contribution in [-0.2, 0) is 11.2 Å². The minimum Gasteiger partial charge on any atom is -0.368 e. The maximum atomic E-state index is 5.62. The maximum Gasteiger partial charge on any atom is 0.223 e. The molecule has 0 bridgehead atoms. The molecule has 15 heavy (non-hydrogen) atoms. The molecule has 1 aromatic rings. The Morgan fingerprint density at radius 3 is 3.00 bits per heavy atom. The molecular formula is C9H14N4OS. The molecule has 0 saturated carbocycles. The van der Waals surface area contributed by atoms with Crippen LogP contribution < -0.4 is 5.73 Å². The normalized spacial score (nSPS) is 21.5. The first kappa shape index (κ1) is 10.6. The Kier molecular flexibility index (Phi) is 3.37. The third kappa shape index (κ3) is 2.57. The molecule has 1 atom stereocenters. The highest BCUT2D eigenvalue weighted by Gasteiger charge is 2.20. The second-order valence-electron chi connectivity index (χ2n) is 3.26. The highest BCUT2D eigenvalue weighted by molar-refractivity contribution is 7.99. The van der Waals surface area contributed by atoms with Gasteiger partial charge in [0.2, 0.25) is 5.95 Å². The summed E-state index contributed by atoms with van der Waals surface area (Å²) in [7, 11) is 0. The molecule has 2 N–H and O–H groups in total. The number of hydrogen-bond acceptors (Lipinski definition) is 6. The third-order valence-corrected chi connectivity index (χ3v) is 3.13. The zero-order chi connectivity index (χ0) is 10.7. The van der Waals surface area contributed by atoms with Crippen molar-refractivity contribution in [2.75, 3.05) is 23.8 Å². The fourth-order valence-electron chi connectivity index (χ4n) is 1.40. The summed E-state index contributed by atoms with van der Waals surface area (Å²) in [5.41, 5.74) is 5.62. The van der Waals surface area contributed by atoms with Gasteiger partial charge in [0.25, 0.3) is 0 Å². The Morgan fingerprint density at radius 1 is 1.47 bits per heavy atom. The van der Waals surface area contributed by atoms with E-state index in [0.29, 0.717) is 5.82 Å². The van der Waals surface area contributed by atoms with E-state index in [2.05, 4.69) is 15.0 Å². The number of rotatable bonds is 2. The summed E-state index contributed by atoms with van der Waals surface area (Å²) in [4.78, 5) is 12.5. The first-order valence-corrected chi connectivity index (χ1v) is 6.14. The minimum atomic E-state index is -0.0284. The monoisotopic (exact) mass is 226 g/mol. The number of aryl methyl sites for hydroxylation is 1. The Hall–Kier alpha value is -0.880. The van der Waals surface area contributed by atoms with Gasteiger partial charge in [-0.2, -0.15) is 21.7 Å². The van der Waals surface area contributed by atoms with E-state index in [1.807, 2.05) is 18.7 Å². The second-order valence-corrected chi connectivity index (χ2v) is 4.41. The molecule has 1 aliphatic rings. The van der Waals surface area contributed by atoms with Crippen LogP contribution in [0.5, 0.6) is 0 Å². The first-order chi connectivity index (χ1) is 7.29. The number of ether oxygens (including phenoxy) is 1. The number of hydrogen-bond donors (Lipinski definition) is 1. The van der Waals surface area contributed by atoms with E-state index in [0.717, 1.165) is 30.4 Å². The van der Waals surface area contributed by atoms with Crippen molar-refractivity contribution in [3.63, 3.8) is 0 Å². The SMILES string of the molecule is CCc1nc(N)nc(C2CSCCO2)n1. The quantitative estimate of drug-likeness (QED) is 0.804. The van der Waals surface area contributed by atoms with Crippen molar-refractivity contribution in [1.29, 1.82) is 0 Å². The molecule has 1 saturated heterocycles. The lowest BCUT2D eigenvalue weighted by Crippen LogP contribution is -2.20. The molecule has 1 unspecified atom stereocenters. The molecule has 1 aliphatic heterocycles. The highest BCUT2D eigenvalue weighted by Crippen LogP contribution is 2.24. The minimum absolute atomic E-state index is 0.0284. The predicted molar refractivity (Wildman–Crippen MR) is 59.6 cm³/mol. The van der Waals surface area contributed by atoms with Crippen molar-refractivity contribution in [2.45, 2.75) is 19.4 Å². The van der Waals surface area contributed by atoms with Gasteiger partial charge in [-0.3, -0.25) is 0 Å². The molecule has 2 heterocycles. The predicted octanol–water partition coefficient (Wildman–Crippen LogP) is 0.821. The zero-order valence-electron chi connectivity index (χ0n) is 8.64. The van der Waals surface area contributed by atoms with Gasteiger partial charge in [0.1, 0.15) is 11.9 Å². The Bertz CT molecular complexity index is 341. The van der Waals surface area contributed by atoms with E-state index in [-0.39, 0.29) is 12.1 Å². The average Bonchev–Trinajstić information content (AvgIpc) is 2.29. The van der Waals surface area contributed by atoms with E-state index in [4.69, 9.17) is 10.5 Å². The molecule has 1 aromatic heterocycles. The van der Waals surface area contributed by atoms with Crippen LogP contribution in [0.25, 0.3) is 0 Å². The highest BCUT2D eigenvalue weighted by atomic mass is 32.2. The summed E-state index contributed by atoms with van der Waals surface area (Å²) >= 11 is 1.85. The maximum absolute atomic E-state index is 5.62. The first-order valence-electron chi connectivity index (χ1n) is 4.99. The van der Waals surface area contributed by atoms with Crippen LogP contribution in [0.15, 0.2) is 0 Å². The molecule has 0 aliphatic carbocycles. The van der Waals surface area contributed by atoms with E-state index in [1.54, 1.807) is 0 Å². The van der Waals surface area contributed by atoms with Crippen molar-refractivity contribution in [3.8, 4) is 0 Å². The summed E-state index contributed by atoms with van der Waals surface area (Å²) in [5.74, 6) is 3.63. The van der Waals surface area contributed by atoms with Gasteiger partial charge in [0.15, 0.2) is 5.82 Å². The number of nitrogens with zero attached hydrogens (tertiary/aromatic N) is 3. The number of aromatic nitrogens is 3. The van der Waals surface area contributed by atoms with Gasteiger partial charge >= 0.3 is 0 Å². The van der Waals surface area contributed by atoms with Gasteiger partial charge in [-0.05, 0) is 0 Å². The van der Waals surface area contributed by atoms with Gasteiger partial charge in [-0.1, -0.05) is 6.92 Å². The molecule has 82 valence electrons. The molecule has 0 amide bonds. The molecule has 6 heteroatoms. The van der Waals surface area contributed by atoms with Crippen LogP contribution in [0.1, 0.15) is 24.7 Å². The van der Waals surface area contributed by atoms with Crippen LogP contribution in [0.4, 0.5) is 5.95 Å². The lowest BCUT2D eigenvalue weighted by molar-refractivity contribution is 0.0692. The summed E-state index contributed by atoms with van der Waals surface area (Å²) in [6, 6.07) is 0. The third-order valence-electron chi connectivity index (χ3n) is 2.14. The largest absolute Gasteiger partial charge is 0.368 e. The van der Waals surface area contributed by atoms with Gasteiger partial charge in [0, 0.05) is 17.9 Å². The molecule has 0 spiro atoms. The number of anilines is 1. The van der Waals surface area contributed by atoms with E-state index in [1.165, 1.54) is 0 Å². The van der Waals surface area contributed by atoms with Crippen LogP contribution in [-0.4, -0.2) is 33.1 Å². The van der Waals surface area contributed by atoms with Gasteiger partial charge in [0.05, 0.1) is 6.61 Å². The zero-order valence-corrected chi connectivity index (χ0v) is 9.46. The van der Waals surface area contributed by atoms with Crippen LogP contribution in [0.3, 0.4) is 0 Å². The van der Waals surface area contributed by atoms with Gasteiger partial charge < -0.3 is 10.5 Å². The van der Waals surface area contributed by atoms with Crippen LogP contribution in [0.2, 0.25) is 0 Å². The Morgan fingerprint density at radius 2 is 2.33 bits per heavy atom. The van der Waals surface area contributed by atoms with E-state index >= 15 is 0 Å². The van der Waals surface area contributed by atoms with Crippen LogP contribution >= 0.6 is 11.8 Å². The fraction of sp³-hybridized carbons (Fsp3) is 0.667. The average molecular weight is 226 g/mol. The lowest BCUT2D eigenvalue weighted by Gasteiger charge is -2.21. The summed E-state index contributed by atoms with van der Waals surface area (Å²) in [6.45, 7) is 2.75. The topological polar surface area (TPSA) is 73.9 Å². The standard InChI is InChI=1S/C9H14N4OS/c1-2-7-11-8(13-9(10)12-7)6-5-15-4-3-14-6/h6H,2-5H2,1H3,(H2,10,11,12,13). The molecular weight excluding hydrogens is 212 g/mol. The van der Waals surface area contributed by atoms with E-state index < -0.39 is 0 Å². The molecule has 0 radical (unpaired) electrons. The smallest absolute Gasteiger partial charge is 0.223 e. The van der Waals surface area contributed by atoms with Gasteiger partial charge in [-0.15, -0.1) is 0 Å². The number of nitrogens with two attached hydrogens (primary N) is 1. The van der Waals surface area contributed by atoms with Crippen molar-refractivity contribution in [2.24, 2.45) is 0 Å².